The Morgan fingerprint density at radius 3 is 2.78 bits per heavy atom. The molecule has 1 aliphatic heterocycles. The molecule has 1 unspecified atom stereocenters. The molecule has 126 valence electrons. The zero-order chi connectivity index (χ0) is 17.0. The van der Waals surface area contributed by atoms with Crippen LogP contribution in [0, 0.1) is 5.92 Å². The first kappa shape index (κ1) is 17.3. The number of benzene rings is 1. The lowest BCUT2D eigenvalue weighted by Gasteiger charge is -2.20. The van der Waals surface area contributed by atoms with Gasteiger partial charge in [0.1, 0.15) is 0 Å². The summed E-state index contributed by atoms with van der Waals surface area (Å²) < 4.78 is 26.2. The van der Waals surface area contributed by atoms with Gasteiger partial charge in [-0.1, -0.05) is 25.1 Å². The van der Waals surface area contributed by atoms with Crippen LogP contribution in [0.1, 0.15) is 18.9 Å². The molecule has 0 radical (unpaired) electrons. The second-order valence-electron chi connectivity index (χ2n) is 5.67. The van der Waals surface area contributed by atoms with Crippen molar-refractivity contribution in [1.29, 1.82) is 0 Å². The van der Waals surface area contributed by atoms with E-state index in [-0.39, 0.29) is 18.9 Å². The summed E-state index contributed by atoms with van der Waals surface area (Å²) >= 11 is 0. The highest BCUT2D eigenvalue weighted by Gasteiger charge is 2.37. The predicted octanol–water partition coefficient (Wildman–Crippen LogP) is 1.31. The van der Waals surface area contributed by atoms with E-state index in [1.807, 2.05) is 31.2 Å². The zero-order valence-electron chi connectivity index (χ0n) is 13.0. The minimum atomic E-state index is -3.13. The molecule has 5 nitrogen and oxygen atoms in total. The number of hydrogen-bond acceptors (Lipinski definition) is 3. The molecule has 1 saturated heterocycles. The molecule has 0 aromatic heterocycles. The lowest BCUT2D eigenvalue weighted by Crippen LogP contribution is -2.44. The van der Waals surface area contributed by atoms with Crippen LogP contribution < -0.4 is 16.0 Å². The van der Waals surface area contributed by atoms with E-state index >= 15 is 0 Å². The fraction of sp³-hybridized carbons (Fsp3) is 0.500. The summed E-state index contributed by atoms with van der Waals surface area (Å²) in [5.74, 6) is -4.46. The monoisotopic (exact) mass is 325 g/mol. The number of para-hydroxylation sites is 1. The molecule has 0 spiro atoms. The maximum atomic E-state index is 13.1. The molecule has 1 aromatic carbocycles. The van der Waals surface area contributed by atoms with Crippen LogP contribution >= 0.6 is 0 Å². The molecule has 3 N–H and O–H groups in total. The average Bonchev–Trinajstić information content (AvgIpc) is 2.94. The quantitative estimate of drug-likeness (QED) is 0.828. The van der Waals surface area contributed by atoms with Crippen LogP contribution in [0.4, 0.5) is 14.5 Å². The Balaban J connectivity index is 2.03. The number of nitrogens with zero attached hydrogens (tertiary/aromatic N) is 1. The van der Waals surface area contributed by atoms with E-state index in [1.54, 1.807) is 4.90 Å². The molecule has 1 aliphatic rings. The highest BCUT2D eigenvalue weighted by atomic mass is 19.3. The number of hydrogen-bond donors (Lipinski definition) is 2. The van der Waals surface area contributed by atoms with Crippen LogP contribution in [0.5, 0.6) is 0 Å². The van der Waals surface area contributed by atoms with Crippen LogP contribution in [0.15, 0.2) is 24.3 Å². The van der Waals surface area contributed by atoms with Gasteiger partial charge in [0.05, 0.1) is 19.0 Å². The van der Waals surface area contributed by atoms with E-state index in [0.717, 1.165) is 17.7 Å². The lowest BCUT2D eigenvalue weighted by molar-refractivity contribution is -0.127. The molecular formula is C16H21F2N3O2. The Hall–Kier alpha value is -2.02. The SMILES string of the molecule is CCc1ccccc1N1CC(C(=O)NCC(F)(F)CN)CC1=O. The first-order valence-electron chi connectivity index (χ1n) is 7.62. The smallest absolute Gasteiger partial charge is 0.277 e. The largest absolute Gasteiger partial charge is 0.350 e. The molecule has 1 fully saturated rings. The van der Waals surface area contributed by atoms with Gasteiger partial charge in [-0.3, -0.25) is 9.59 Å². The summed E-state index contributed by atoms with van der Waals surface area (Å²) in [7, 11) is 0. The average molecular weight is 325 g/mol. The van der Waals surface area contributed by atoms with Gasteiger partial charge in [0.15, 0.2) is 0 Å². The Kier molecular flexibility index (Phi) is 5.30. The van der Waals surface area contributed by atoms with Crippen molar-refractivity contribution in [2.45, 2.75) is 25.7 Å². The number of carbonyl (C=O) groups is 2. The third-order valence-electron chi connectivity index (χ3n) is 3.98. The Morgan fingerprint density at radius 2 is 2.13 bits per heavy atom. The molecule has 0 aliphatic carbocycles. The molecule has 1 heterocycles. The maximum absolute atomic E-state index is 13.1. The van der Waals surface area contributed by atoms with E-state index in [1.165, 1.54) is 0 Å². The van der Waals surface area contributed by atoms with Crippen LogP contribution in [-0.4, -0.2) is 37.4 Å². The third-order valence-corrected chi connectivity index (χ3v) is 3.98. The lowest BCUT2D eigenvalue weighted by atomic mass is 10.1. The van der Waals surface area contributed by atoms with Crippen LogP contribution in [0.2, 0.25) is 0 Å². The highest BCUT2D eigenvalue weighted by molar-refractivity contribution is 6.00. The molecule has 0 saturated carbocycles. The summed E-state index contributed by atoms with van der Waals surface area (Å²) in [5, 5.41) is 2.19. The van der Waals surface area contributed by atoms with E-state index in [4.69, 9.17) is 5.73 Å². The fourth-order valence-electron chi connectivity index (χ4n) is 2.62. The van der Waals surface area contributed by atoms with Crippen molar-refractivity contribution in [3.63, 3.8) is 0 Å². The van der Waals surface area contributed by atoms with Crippen molar-refractivity contribution in [1.82, 2.24) is 5.32 Å². The number of alkyl halides is 2. The van der Waals surface area contributed by atoms with Crippen LogP contribution in [0.25, 0.3) is 0 Å². The number of halogens is 2. The summed E-state index contributed by atoms with van der Waals surface area (Å²) in [6.07, 6.45) is 0.789. The minimum absolute atomic E-state index is 0.0259. The van der Waals surface area contributed by atoms with Gasteiger partial charge in [-0.15, -0.1) is 0 Å². The van der Waals surface area contributed by atoms with Gasteiger partial charge in [0.2, 0.25) is 11.8 Å². The van der Waals surface area contributed by atoms with E-state index < -0.39 is 30.8 Å². The second-order valence-corrected chi connectivity index (χ2v) is 5.67. The Morgan fingerprint density at radius 1 is 1.43 bits per heavy atom. The predicted molar refractivity (Wildman–Crippen MR) is 83.3 cm³/mol. The van der Waals surface area contributed by atoms with Crippen LogP contribution in [-0.2, 0) is 16.0 Å². The number of anilines is 1. The van der Waals surface area contributed by atoms with Crippen molar-refractivity contribution >= 4 is 17.5 Å². The van der Waals surface area contributed by atoms with Gasteiger partial charge in [0.25, 0.3) is 5.92 Å². The molecule has 2 rings (SSSR count). The van der Waals surface area contributed by atoms with Crippen molar-refractivity contribution in [3.8, 4) is 0 Å². The van der Waals surface area contributed by atoms with Gasteiger partial charge in [-0.25, -0.2) is 8.78 Å². The minimum Gasteiger partial charge on any atom is -0.350 e. The zero-order valence-corrected chi connectivity index (χ0v) is 13.0. The second kappa shape index (κ2) is 7.04. The van der Waals surface area contributed by atoms with E-state index in [9.17, 15) is 18.4 Å². The number of nitrogens with two attached hydrogens (primary N) is 1. The van der Waals surface area contributed by atoms with E-state index in [0.29, 0.717) is 0 Å². The number of aryl methyl sites for hydroxylation is 1. The molecule has 2 amide bonds. The Labute approximate surface area is 133 Å². The highest BCUT2D eigenvalue weighted by Crippen LogP contribution is 2.28. The van der Waals surface area contributed by atoms with Crippen LogP contribution in [0.3, 0.4) is 0 Å². The fourth-order valence-corrected chi connectivity index (χ4v) is 2.62. The summed E-state index contributed by atoms with van der Waals surface area (Å²) in [4.78, 5) is 25.8. The number of nitrogens with one attached hydrogen (secondary N) is 1. The third kappa shape index (κ3) is 4.04. The maximum Gasteiger partial charge on any atom is 0.277 e. The summed E-state index contributed by atoms with van der Waals surface area (Å²) in [5.41, 5.74) is 6.73. The van der Waals surface area contributed by atoms with Gasteiger partial charge in [-0.2, -0.15) is 0 Å². The van der Waals surface area contributed by atoms with Crippen molar-refractivity contribution in [2.24, 2.45) is 11.7 Å². The first-order chi connectivity index (χ1) is 10.9. The van der Waals surface area contributed by atoms with Crippen molar-refractivity contribution < 1.29 is 18.4 Å². The standard InChI is InChI=1S/C16H21F2N3O2/c1-2-11-5-3-4-6-13(11)21-8-12(7-14(21)22)15(23)20-10-16(17,18)9-19/h3-6,12H,2,7-10,19H2,1H3,(H,20,23). The summed E-state index contributed by atoms with van der Waals surface area (Å²) in [6.45, 7) is 0.555. The molecule has 1 atom stereocenters. The molecular weight excluding hydrogens is 304 g/mol. The van der Waals surface area contributed by atoms with Gasteiger partial charge in [0, 0.05) is 18.7 Å². The van der Waals surface area contributed by atoms with Gasteiger partial charge < -0.3 is 16.0 Å². The van der Waals surface area contributed by atoms with E-state index in [2.05, 4.69) is 5.32 Å². The molecule has 1 aromatic rings. The van der Waals surface area contributed by atoms with Gasteiger partial charge >= 0.3 is 0 Å². The molecule has 7 heteroatoms. The van der Waals surface area contributed by atoms with Crippen molar-refractivity contribution in [2.75, 3.05) is 24.5 Å². The van der Waals surface area contributed by atoms with Crippen molar-refractivity contribution in [3.05, 3.63) is 29.8 Å². The Bertz CT molecular complexity index is 592. The number of rotatable bonds is 6. The number of amides is 2. The topological polar surface area (TPSA) is 75.4 Å². The summed E-state index contributed by atoms with van der Waals surface area (Å²) in [6, 6.07) is 7.48. The first-order valence-corrected chi connectivity index (χ1v) is 7.62. The molecule has 0 bridgehead atoms. The van der Waals surface area contributed by atoms with Gasteiger partial charge in [-0.05, 0) is 18.1 Å². The number of carbonyl (C=O) groups excluding carboxylic acids is 2. The normalized spacial score (nSPS) is 18.3. The molecule has 23 heavy (non-hydrogen) atoms.